The molecule has 26 heavy (non-hydrogen) atoms. The highest BCUT2D eigenvalue weighted by atomic mass is 79.9. The molecule has 2 rings (SSSR count). The van der Waals surface area contributed by atoms with Gasteiger partial charge in [-0.25, -0.2) is 15.0 Å². The maximum absolute atomic E-state index is 12.3. The number of nitrogens with one attached hydrogen (secondary N) is 1. The number of hydrogen-bond acceptors (Lipinski definition) is 6. The van der Waals surface area contributed by atoms with Gasteiger partial charge < -0.3 is 14.2 Å². The lowest BCUT2D eigenvalue weighted by Gasteiger charge is -2.11. The normalized spacial score (nSPS) is 10.4. The van der Waals surface area contributed by atoms with Crippen LogP contribution in [-0.2, 0) is 4.74 Å². The molecule has 2 aromatic rings. The predicted octanol–water partition coefficient (Wildman–Crippen LogP) is 3.76. The number of ether oxygens (including phenoxy) is 3. The number of halogens is 1. The molecule has 0 aliphatic heterocycles. The van der Waals surface area contributed by atoms with E-state index in [1.54, 1.807) is 42.5 Å². The highest BCUT2D eigenvalue weighted by molar-refractivity contribution is 9.10. The smallest absolute Gasteiger partial charge is 0.427 e. The number of benzene rings is 2. The second-order valence-corrected chi connectivity index (χ2v) is 5.81. The summed E-state index contributed by atoms with van der Waals surface area (Å²) >= 11 is 3.32. The van der Waals surface area contributed by atoms with E-state index in [-0.39, 0.29) is 5.75 Å². The molecule has 0 saturated carbocycles. The zero-order valence-electron chi connectivity index (χ0n) is 14.2. The molecular weight excluding hydrogens is 404 g/mol. The van der Waals surface area contributed by atoms with Gasteiger partial charge in [-0.1, -0.05) is 15.9 Å². The number of carbonyl (C=O) groups is 2. The van der Waals surface area contributed by atoms with Gasteiger partial charge in [0, 0.05) is 4.47 Å². The molecule has 2 aromatic carbocycles. The zero-order valence-corrected chi connectivity index (χ0v) is 15.8. The van der Waals surface area contributed by atoms with Gasteiger partial charge in [-0.15, -0.1) is 0 Å². The summed E-state index contributed by atoms with van der Waals surface area (Å²) in [4.78, 5) is 23.2. The quantitative estimate of drug-likeness (QED) is 0.332. The summed E-state index contributed by atoms with van der Waals surface area (Å²) in [6.07, 6.45) is 0.742. The minimum atomic E-state index is -0.675. The van der Waals surface area contributed by atoms with Crippen molar-refractivity contribution in [1.82, 2.24) is 5.43 Å². The van der Waals surface area contributed by atoms with Crippen LogP contribution in [0.15, 0.2) is 52.0 Å². The van der Waals surface area contributed by atoms with Gasteiger partial charge >= 0.3 is 12.1 Å². The molecule has 0 heterocycles. The lowest BCUT2D eigenvalue weighted by atomic mass is 10.2. The first-order valence-corrected chi connectivity index (χ1v) is 8.44. The topological polar surface area (TPSA) is 86.2 Å². The Bertz CT molecular complexity index is 806. The maximum Gasteiger partial charge on any atom is 0.427 e. The van der Waals surface area contributed by atoms with Gasteiger partial charge in [0.2, 0.25) is 0 Å². The molecule has 0 unspecified atom stereocenters. The first-order chi connectivity index (χ1) is 12.5. The van der Waals surface area contributed by atoms with Crippen LogP contribution >= 0.6 is 15.9 Å². The van der Waals surface area contributed by atoms with Crippen LogP contribution in [0.2, 0.25) is 0 Å². The highest BCUT2D eigenvalue weighted by Crippen LogP contribution is 2.29. The van der Waals surface area contributed by atoms with Crippen LogP contribution in [-0.4, -0.2) is 32.0 Å². The number of hydrazone groups is 1. The Morgan fingerprint density at radius 1 is 1.15 bits per heavy atom. The number of methoxy groups -OCH3 is 1. The molecule has 0 bridgehead atoms. The number of esters is 1. The van der Waals surface area contributed by atoms with Crippen LogP contribution in [0, 0.1) is 0 Å². The highest BCUT2D eigenvalue weighted by Gasteiger charge is 2.13. The van der Waals surface area contributed by atoms with Crippen molar-refractivity contribution >= 4 is 34.2 Å². The molecule has 0 aromatic heterocycles. The van der Waals surface area contributed by atoms with Gasteiger partial charge in [0.05, 0.1) is 25.5 Å². The minimum Gasteiger partial charge on any atom is -0.490 e. The first kappa shape index (κ1) is 19.5. The number of rotatable bonds is 6. The predicted molar refractivity (Wildman–Crippen MR) is 99.8 cm³/mol. The summed E-state index contributed by atoms with van der Waals surface area (Å²) in [5.74, 6) is 0.185. The Balaban J connectivity index is 2.15. The molecule has 0 saturated heterocycles. The fourth-order valence-corrected chi connectivity index (χ4v) is 2.17. The van der Waals surface area contributed by atoms with E-state index in [9.17, 15) is 9.59 Å². The van der Waals surface area contributed by atoms with Crippen molar-refractivity contribution in [1.29, 1.82) is 0 Å². The van der Waals surface area contributed by atoms with Crippen molar-refractivity contribution < 1.29 is 23.8 Å². The van der Waals surface area contributed by atoms with Gasteiger partial charge in [-0.2, -0.15) is 5.10 Å². The Labute approximate surface area is 159 Å². The van der Waals surface area contributed by atoms with Gasteiger partial charge in [-0.05, 0) is 55.0 Å². The molecule has 1 amide bonds. The lowest BCUT2D eigenvalue weighted by Crippen LogP contribution is -2.16. The monoisotopic (exact) mass is 420 g/mol. The third-order valence-electron chi connectivity index (χ3n) is 3.11. The molecule has 0 aliphatic rings. The summed E-state index contributed by atoms with van der Waals surface area (Å²) in [5, 5.41) is 3.74. The molecule has 0 radical (unpaired) electrons. The standard InChI is InChI=1S/C18H17BrN2O5/c1-3-25-16-10-12(11-20-21-18(23)24-2)4-9-15(16)26-17(22)13-5-7-14(19)8-6-13/h4-11H,3H2,1-2H3,(H,21,23)/b20-11-. The van der Waals surface area contributed by atoms with E-state index >= 15 is 0 Å². The average Bonchev–Trinajstić information content (AvgIpc) is 2.64. The maximum atomic E-state index is 12.3. The SMILES string of the molecule is CCOc1cc(/C=N\NC(=O)OC)ccc1OC(=O)c1ccc(Br)cc1. The van der Waals surface area contributed by atoms with Crippen molar-refractivity contribution in [2.75, 3.05) is 13.7 Å². The van der Waals surface area contributed by atoms with E-state index in [1.165, 1.54) is 13.3 Å². The van der Waals surface area contributed by atoms with E-state index in [0.717, 1.165) is 4.47 Å². The second-order valence-electron chi connectivity index (χ2n) is 4.90. The van der Waals surface area contributed by atoms with Gasteiger partial charge in [0.1, 0.15) is 0 Å². The Kier molecular flexibility index (Phi) is 7.16. The molecule has 1 N–H and O–H groups in total. The van der Waals surface area contributed by atoms with E-state index in [2.05, 4.69) is 31.2 Å². The first-order valence-electron chi connectivity index (χ1n) is 7.65. The zero-order chi connectivity index (χ0) is 18.9. The number of carbonyl (C=O) groups excluding carboxylic acids is 2. The van der Waals surface area contributed by atoms with Crippen molar-refractivity contribution in [2.45, 2.75) is 6.92 Å². The van der Waals surface area contributed by atoms with E-state index in [4.69, 9.17) is 9.47 Å². The van der Waals surface area contributed by atoms with E-state index in [0.29, 0.717) is 23.5 Å². The molecule has 0 aliphatic carbocycles. The molecule has 136 valence electrons. The largest absolute Gasteiger partial charge is 0.490 e. The molecule has 0 atom stereocenters. The van der Waals surface area contributed by atoms with Crippen LogP contribution in [0.25, 0.3) is 0 Å². The summed E-state index contributed by atoms with van der Waals surface area (Å²) in [6.45, 7) is 2.21. The van der Waals surface area contributed by atoms with Gasteiger partial charge in [0.25, 0.3) is 0 Å². The third kappa shape index (κ3) is 5.59. The summed E-state index contributed by atoms with van der Waals surface area (Å²) < 4.78 is 16.2. The Morgan fingerprint density at radius 3 is 2.54 bits per heavy atom. The average molecular weight is 421 g/mol. The van der Waals surface area contributed by atoms with Crippen molar-refractivity contribution in [2.24, 2.45) is 5.10 Å². The van der Waals surface area contributed by atoms with E-state index < -0.39 is 12.1 Å². The van der Waals surface area contributed by atoms with Crippen LogP contribution in [0.5, 0.6) is 11.5 Å². The number of amides is 1. The third-order valence-corrected chi connectivity index (χ3v) is 3.63. The van der Waals surface area contributed by atoms with Crippen molar-refractivity contribution in [3.8, 4) is 11.5 Å². The second kappa shape index (κ2) is 9.57. The molecular formula is C18H17BrN2O5. The van der Waals surface area contributed by atoms with Crippen LogP contribution in [0.3, 0.4) is 0 Å². The summed E-state index contributed by atoms with van der Waals surface area (Å²) in [6, 6.07) is 11.8. The molecule has 7 nitrogen and oxygen atoms in total. The number of hydrogen-bond donors (Lipinski definition) is 1. The molecule has 0 fully saturated rings. The Hall–Kier alpha value is -2.87. The fraction of sp³-hybridized carbons (Fsp3) is 0.167. The van der Waals surface area contributed by atoms with Crippen molar-refractivity contribution in [3.05, 3.63) is 58.1 Å². The van der Waals surface area contributed by atoms with Crippen LogP contribution in [0.4, 0.5) is 4.79 Å². The van der Waals surface area contributed by atoms with Gasteiger partial charge in [-0.3, -0.25) is 0 Å². The van der Waals surface area contributed by atoms with Gasteiger partial charge in [0.15, 0.2) is 11.5 Å². The number of nitrogens with zero attached hydrogens (tertiary/aromatic N) is 1. The van der Waals surface area contributed by atoms with Crippen molar-refractivity contribution in [3.63, 3.8) is 0 Å². The summed E-state index contributed by atoms with van der Waals surface area (Å²) in [7, 11) is 1.24. The Morgan fingerprint density at radius 2 is 1.88 bits per heavy atom. The van der Waals surface area contributed by atoms with E-state index in [1.807, 2.05) is 6.92 Å². The molecule has 8 heteroatoms. The van der Waals surface area contributed by atoms with Crippen LogP contribution in [0.1, 0.15) is 22.8 Å². The minimum absolute atomic E-state index is 0.290. The lowest BCUT2D eigenvalue weighted by molar-refractivity contribution is 0.0728. The fourth-order valence-electron chi connectivity index (χ4n) is 1.91. The molecule has 0 spiro atoms. The summed E-state index contributed by atoms with van der Waals surface area (Å²) in [5.41, 5.74) is 3.25. The van der Waals surface area contributed by atoms with Crippen LogP contribution < -0.4 is 14.9 Å².